The first-order valence-electron chi connectivity index (χ1n) is 7.27. The summed E-state index contributed by atoms with van der Waals surface area (Å²) in [7, 11) is 3.75. The largest absolute Gasteiger partial charge is 0.356 e. The number of hydrogen-bond donors (Lipinski definition) is 2. The van der Waals surface area contributed by atoms with Crippen molar-refractivity contribution in [3.63, 3.8) is 0 Å². The number of hydrogen-bond acceptors (Lipinski definition) is 3. The van der Waals surface area contributed by atoms with Gasteiger partial charge in [-0.05, 0) is 32.9 Å². The van der Waals surface area contributed by atoms with Crippen LogP contribution in [0.2, 0.25) is 0 Å². The summed E-state index contributed by atoms with van der Waals surface area (Å²) in [5, 5.41) is 5.88. The standard InChI is InChI=1S/C14H29N3O2/c1-4-10-16-13(18)8-9-14(19)17(3)12-7-5-6-11-15-2/h15H,4-12H2,1-3H3,(H,16,18). The van der Waals surface area contributed by atoms with Crippen molar-refractivity contribution in [1.82, 2.24) is 15.5 Å². The summed E-state index contributed by atoms with van der Waals surface area (Å²) in [6.45, 7) is 4.50. The van der Waals surface area contributed by atoms with Crippen molar-refractivity contribution in [3.8, 4) is 0 Å². The van der Waals surface area contributed by atoms with E-state index in [4.69, 9.17) is 0 Å². The minimum atomic E-state index is -0.0300. The Hall–Kier alpha value is -1.10. The Kier molecular flexibility index (Phi) is 11.3. The lowest BCUT2D eigenvalue weighted by Gasteiger charge is -2.17. The Bertz CT molecular complexity index is 257. The average Bonchev–Trinajstić information content (AvgIpc) is 2.41. The van der Waals surface area contributed by atoms with Gasteiger partial charge in [-0.15, -0.1) is 0 Å². The van der Waals surface area contributed by atoms with E-state index < -0.39 is 0 Å². The molecule has 0 fully saturated rings. The summed E-state index contributed by atoms with van der Waals surface area (Å²) in [6.07, 6.45) is 4.80. The lowest BCUT2D eigenvalue weighted by Crippen LogP contribution is -2.30. The Balaban J connectivity index is 3.61. The van der Waals surface area contributed by atoms with Crippen LogP contribution in [0.15, 0.2) is 0 Å². The molecule has 112 valence electrons. The van der Waals surface area contributed by atoms with Crippen LogP contribution in [0.3, 0.4) is 0 Å². The highest BCUT2D eigenvalue weighted by molar-refractivity contribution is 5.83. The lowest BCUT2D eigenvalue weighted by atomic mass is 10.2. The molecule has 0 aliphatic heterocycles. The van der Waals surface area contributed by atoms with Crippen LogP contribution in [-0.2, 0) is 9.59 Å². The predicted molar refractivity (Wildman–Crippen MR) is 77.9 cm³/mol. The number of rotatable bonds is 11. The molecule has 0 aromatic heterocycles. The van der Waals surface area contributed by atoms with Gasteiger partial charge in [0.25, 0.3) is 0 Å². The predicted octanol–water partition coefficient (Wildman–Crippen LogP) is 1.14. The second-order valence-corrected chi connectivity index (χ2v) is 4.83. The highest BCUT2D eigenvalue weighted by Crippen LogP contribution is 2.00. The molecule has 0 aromatic carbocycles. The smallest absolute Gasteiger partial charge is 0.222 e. The molecular formula is C14H29N3O2. The Morgan fingerprint density at radius 3 is 2.42 bits per heavy atom. The lowest BCUT2D eigenvalue weighted by molar-refractivity contribution is -0.132. The van der Waals surface area contributed by atoms with Crippen LogP contribution in [0.5, 0.6) is 0 Å². The van der Waals surface area contributed by atoms with E-state index >= 15 is 0 Å². The molecule has 0 saturated heterocycles. The van der Waals surface area contributed by atoms with E-state index in [0.717, 1.165) is 38.8 Å². The fraction of sp³-hybridized carbons (Fsp3) is 0.857. The molecule has 0 rings (SSSR count). The SMILES string of the molecule is CCCNC(=O)CCC(=O)N(C)CCCCCNC. The van der Waals surface area contributed by atoms with Crippen molar-refractivity contribution in [3.05, 3.63) is 0 Å². The molecule has 0 spiro atoms. The molecule has 19 heavy (non-hydrogen) atoms. The number of amides is 2. The molecule has 0 heterocycles. The third kappa shape index (κ3) is 10.5. The molecule has 0 saturated carbocycles. The molecule has 5 nitrogen and oxygen atoms in total. The summed E-state index contributed by atoms with van der Waals surface area (Å²) >= 11 is 0. The highest BCUT2D eigenvalue weighted by Gasteiger charge is 2.10. The van der Waals surface area contributed by atoms with Crippen LogP contribution in [0.1, 0.15) is 45.4 Å². The van der Waals surface area contributed by atoms with E-state index in [9.17, 15) is 9.59 Å². The van der Waals surface area contributed by atoms with Crippen molar-refractivity contribution in [1.29, 1.82) is 0 Å². The number of nitrogens with one attached hydrogen (secondary N) is 2. The van der Waals surface area contributed by atoms with Gasteiger partial charge in [0.1, 0.15) is 0 Å². The summed E-state index contributed by atoms with van der Waals surface area (Å²) in [6, 6.07) is 0. The minimum absolute atomic E-state index is 0.0300. The van der Waals surface area contributed by atoms with Gasteiger partial charge in [-0.1, -0.05) is 13.3 Å². The zero-order valence-electron chi connectivity index (χ0n) is 12.6. The van der Waals surface area contributed by atoms with Crippen LogP contribution in [-0.4, -0.2) is 50.4 Å². The maximum absolute atomic E-state index is 11.8. The molecule has 5 heteroatoms. The van der Waals surface area contributed by atoms with Gasteiger partial charge in [0.15, 0.2) is 0 Å². The maximum Gasteiger partial charge on any atom is 0.222 e. The van der Waals surface area contributed by atoms with Crippen LogP contribution in [0.4, 0.5) is 0 Å². The quantitative estimate of drug-likeness (QED) is 0.554. The summed E-state index contributed by atoms with van der Waals surface area (Å²) < 4.78 is 0. The first-order chi connectivity index (χ1) is 9.11. The zero-order valence-corrected chi connectivity index (χ0v) is 12.6. The first-order valence-corrected chi connectivity index (χ1v) is 7.27. The second-order valence-electron chi connectivity index (χ2n) is 4.83. The van der Waals surface area contributed by atoms with Crippen molar-refractivity contribution in [2.24, 2.45) is 0 Å². The molecule has 0 radical (unpaired) electrons. The fourth-order valence-electron chi connectivity index (χ4n) is 1.72. The summed E-state index contributed by atoms with van der Waals surface area (Å²) in [5.41, 5.74) is 0. The van der Waals surface area contributed by atoms with Gasteiger partial charge in [-0.2, -0.15) is 0 Å². The third-order valence-corrected chi connectivity index (χ3v) is 2.98. The van der Waals surface area contributed by atoms with Gasteiger partial charge in [0.2, 0.25) is 11.8 Å². The van der Waals surface area contributed by atoms with Crippen LogP contribution in [0.25, 0.3) is 0 Å². The van der Waals surface area contributed by atoms with Crippen molar-refractivity contribution in [2.75, 3.05) is 33.7 Å². The first kappa shape index (κ1) is 17.9. The van der Waals surface area contributed by atoms with Crippen molar-refractivity contribution < 1.29 is 9.59 Å². The average molecular weight is 271 g/mol. The van der Waals surface area contributed by atoms with E-state index in [0.29, 0.717) is 19.4 Å². The van der Waals surface area contributed by atoms with Gasteiger partial charge in [-0.3, -0.25) is 9.59 Å². The molecule has 0 aromatic rings. The molecule has 0 atom stereocenters. The van der Waals surface area contributed by atoms with E-state index in [1.54, 1.807) is 4.90 Å². The van der Waals surface area contributed by atoms with Crippen LogP contribution >= 0.6 is 0 Å². The van der Waals surface area contributed by atoms with E-state index in [1.807, 2.05) is 21.0 Å². The van der Waals surface area contributed by atoms with Crippen LogP contribution < -0.4 is 10.6 Å². The topological polar surface area (TPSA) is 61.4 Å². The van der Waals surface area contributed by atoms with E-state index in [2.05, 4.69) is 10.6 Å². The Morgan fingerprint density at radius 2 is 1.79 bits per heavy atom. The Morgan fingerprint density at radius 1 is 1.05 bits per heavy atom. The van der Waals surface area contributed by atoms with Gasteiger partial charge in [0, 0.05) is 33.0 Å². The van der Waals surface area contributed by atoms with Gasteiger partial charge >= 0.3 is 0 Å². The number of unbranched alkanes of at least 4 members (excludes halogenated alkanes) is 2. The van der Waals surface area contributed by atoms with Gasteiger partial charge in [-0.25, -0.2) is 0 Å². The summed E-state index contributed by atoms with van der Waals surface area (Å²) in [5.74, 6) is 0.0258. The molecule has 2 amide bonds. The van der Waals surface area contributed by atoms with Crippen LogP contribution in [0, 0.1) is 0 Å². The monoisotopic (exact) mass is 271 g/mol. The normalized spacial score (nSPS) is 10.3. The molecule has 0 aliphatic carbocycles. The molecule has 0 unspecified atom stereocenters. The maximum atomic E-state index is 11.8. The number of nitrogens with zero attached hydrogens (tertiary/aromatic N) is 1. The minimum Gasteiger partial charge on any atom is -0.356 e. The highest BCUT2D eigenvalue weighted by atomic mass is 16.2. The van der Waals surface area contributed by atoms with E-state index in [-0.39, 0.29) is 11.8 Å². The second kappa shape index (κ2) is 12.0. The molecular weight excluding hydrogens is 242 g/mol. The molecule has 0 aliphatic rings. The summed E-state index contributed by atoms with van der Waals surface area (Å²) in [4.78, 5) is 24.9. The van der Waals surface area contributed by atoms with E-state index in [1.165, 1.54) is 0 Å². The number of carbonyl (C=O) groups is 2. The van der Waals surface area contributed by atoms with Crippen molar-refractivity contribution in [2.45, 2.75) is 45.4 Å². The third-order valence-electron chi connectivity index (χ3n) is 2.98. The van der Waals surface area contributed by atoms with Crippen molar-refractivity contribution >= 4 is 11.8 Å². The Labute approximate surface area is 117 Å². The zero-order chi connectivity index (χ0) is 14.5. The van der Waals surface area contributed by atoms with Gasteiger partial charge in [0.05, 0.1) is 0 Å². The molecule has 0 bridgehead atoms. The molecule has 2 N–H and O–H groups in total. The number of carbonyl (C=O) groups excluding carboxylic acids is 2. The van der Waals surface area contributed by atoms with Gasteiger partial charge < -0.3 is 15.5 Å². The fourth-order valence-corrected chi connectivity index (χ4v) is 1.72.